The maximum atomic E-state index is 2.37. The van der Waals surface area contributed by atoms with Crippen LogP contribution in [0, 0.1) is 0 Å². The molecule has 0 spiro atoms. The molecule has 0 aromatic heterocycles. The predicted octanol–water partition coefficient (Wildman–Crippen LogP) is 11.2. The monoisotopic (exact) mass is 570 g/mol. The second kappa shape index (κ2) is 9.52. The number of benzene rings is 6. The minimum absolute atomic E-state index is 0.987. The summed E-state index contributed by atoms with van der Waals surface area (Å²) in [5, 5.41) is 0. The number of hydrogen-bond donors (Lipinski definition) is 0. The van der Waals surface area contributed by atoms with Crippen molar-refractivity contribution >= 4 is 36.5 Å². The summed E-state index contributed by atoms with van der Waals surface area (Å²) >= 11 is 0. The fourth-order valence-corrected chi connectivity index (χ4v) is 7.95. The minimum atomic E-state index is 0.987. The summed E-state index contributed by atoms with van der Waals surface area (Å²) in [5.41, 5.74) is 24.3. The van der Waals surface area contributed by atoms with E-state index in [1.54, 1.807) is 0 Å². The normalized spacial score (nSPS) is 14.1. The highest BCUT2D eigenvalue weighted by atomic mass is 14.2. The van der Waals surface area contributed by atoms with Gasteiger partial charge in [-0.25, -0.2) is 0 Å². The molecule has 0 saturated carbocycles. The average Bonchev–Trinajstić information content (AvgIpc) is 3.73. The van der Waals surface area contributed by atoms with Crippen LogP contribution in [0.15, 0.2) is 109 Å². The topological polar surface area (TPSA) is 0 Å². The van der Waals surface area contributed by atoms with E-state index in [2.05, 4.69) is 146 Å². The zero-order valence-electron chi connectivity index (χ0n) is 25.0. The maximum absolute atomic E-state index is 2.37. The van der Waals surface area contributed by atoms with Crippen LogP contribution in [0.1, 0.15) is 66.8 Å². The molecule has 0 aliphatic heterocycles. The molecule has 0 fully saturated rings. The fourth-order valence-electron chi connectivity index (χ4n) is 7.95. The Balaban J connectivity index is 1.07. The van der Waals surface area contributed by atoms with Crippen molar-refractivity contribution in [3.8, 4) is 33.4 Å². The molecule has 6 aromatic carbocycles. The van der Waals surface area contributed by atoms with Crippen molar-refractivity contribution in [2.75, 3.05) is 0 Å². The first-order valence-corrected chi connectivity index (χ1v) is 16.0. The van der Waals surface area contributed by atoms with E-state index >= 15 is 0 Å². The van der Waals surface area contributed by atoms with E-state index in [1.807, 2.05) is 0 Å². The third kappa shape index (κ3) is 4.14. The summed E-state index contributed by atoms with van der Waals surface area (Å²) in [5.74, 6) is 0. The van der Waals surface area contributed by atoms with Crippen LogP contribution in [0.5, 0.6) is 0 Å². The van der Waals surface area contributed by atoms with E-state index in [-0.39, 0.29) is 0 Å². The first-order chi connectivity index (χ1) is 22.2. The zero-order chi connectivity index (χ0) is 29.5. The van der Waals surface area contributed by atoms with Gasteiger partial charge < -0.3 is 0 Å². The molecule has 0 atom stereocenters. The Labute approximate surface area is 264 Å². The van der Waals surface area contributed by atoms with Crippen LogP contribution in [0.2, 0.25) is 0 Å². The Bertz CT molecular complexity index is 1910. The number of hydrogen-bond acceptors (Lipinski definition) is 0. The van der Waals surface area contributed by atoms with Crippen LogP contribution >= 0.6 is 0 Å². The Kier molecular flexibility index (Phi) is 5.27. The summed E-state index contributed by atoms with van der Waals surface area (Å²) in [6.07, 6.45) is 16.6. The highest BCUT2D eigenvalue weighted by Gasteiger charge is 2.21. The van der Waals surface area contributed by atoms with Crippen molar-refractivity contribution in [2.45, 2.75) is 19.3 Å². The molecule has 0 heterocycles. The van der Waals surface area contributed by atoms with Gasteiger partial charge in [-0.3, -0.25) is 0 Å². The molecule has 0 unspecified atom stereocenters. The third-order valence-electron chi connectivity index (χ3n) is 10.2. The van der Waals surface area contributed by atoms with Crippen LogP contribution in [-0.2, 0) is 19.3 Å². The SMILES string of the molecule is C1=Cc2ccc3c(c2)Cc2cc(ccc2-3)C=Cc2ccc3c(c2)Cc2cc(ccc2-3)C=Cc2ccc3c(c2)Cc2cc1ccc2-3. The van der Waals surface area contributed by atoms with Gasteiger partial charge in [-0.1, -0.05) is 146 Å². The van der Waals surface area contributed by atoms with Gasteiger partial charge in [0.05, 0.1) is 0 Å². The molecule has 10 rings (SSSR count). The molecule has 0 amide bonds. The minimum Gasteiger partial charge on any atom is -0.0544 e. The molecule has 4 aliphatic carbocycles. The summed E-state index contributed by atoms with van der Waals surface area (Å²) in [6.45, 7) is 0. The van der Waals surface area contributed by atoms with Gasteiger partial charge in [-0.2, -0.15) is 0 Å². The van der Waals surface area contributed by atoms with Crippen molar-refractivity contribution in [2.24, 2.45) is 0 Å². The van der Waals surface area contributed by atoms with Crippen LogP contribution in [0.4, 0.5) is 0 Å². The lowest BCUT2D eigenvalue weighted by Gasteiger charge is -2.05. The Morgan fingerprint density at radius 3 is 0.578 bits per heavy atom. The van der Waals surface area contributed by atoms with Gasteiger partial charge in [-0.15, -0.1) is 0 Å². The summed E-state index contributed by atoms with van der Waals surface area (Å²) < 4.78 is 0. The molecule has 0 saturated heterocycles. The third-order valence-corrected chi connectivity index (χ3v) is 10.2. The van der Waals surface area contributed by atoms with Crippen LogP contribution in [0.3, 0.4) is 0 Å². The predicted molar refractivity (Wildman–Crippen MR) is 191 cm³/mol. The van der Waals surface area contributed by atoms with Gasteiger partial charge in [-0.05, 0) is 119 Å². The highest BCUT2D eigenvalue weighted by molar-refractivity contribution is 5.85. The van der Waals surface area contributed by atoms with Crippen LogP contribution in [0.25, 0.3) is 69.8 Å². The van der Waals surface area contributed by atoms with Gasteiger partial charge in [0, 0.05) is 0 Å². The lowest BCUT2D eigenvalue weighted by atomic mass is 10.00. The first kappa shape index (κ1) is 24.9. The standard InChI is InChI=1S/C45H30/c1-2-29-8-14-41-35(20-29)26-37-22-31(10-16-43(37)41)5-6-33-12-18-45-39(24-33)27-38-23-32(11-17-44(38)45)4-3-30-9-15-42-36(21-30)25-34-19-28(1)7-13-40(34)42/h1-24H,25-27H2. The van der Waals surface area contributed by atoms with Crippen LogP contribution < -0.4 is 0 Å². The maximum Gasteiger partial charge on any atom is -0.00130 e. The zero-order valence-corrected chi connectivity index (χ0v) is 25.0. The Hall–Kier alpha value is -5.46. The molecule has 0 radical (unpaired) electrons. The summed E-state index contributed by atoms with van der Waals surface area (Å²) in [4.78, 5) is 0. The Morgan fingerprint density at radius 2 is 0.400 bits per heavy atom. The largest absolute Gasteiger partial charge is 0.0544 e. The van der Waals surface area contributed by atoms with E-state index in [0.717, 1.165) is 19.3 Å². The van der Waals surface area contributed by atoms with Gasteiger partial charge in [0.1, 0.15) is 0 Å². The average molecular weight is 571 g/mol. The number of rotatable bonds is 0. The van der Waals surface area contributed by atoms with Gasteiger partial charge >= 0.3 is 0 Å². The molecule has 0 heteroatoms. The van der Waals surface area contributed by atoms with Gasteiger partial charge in [0.15, 0.2) is 0 Å². The molecular weight excluding hydrogens is 540 g/mol. The molecule has 0 N–H and O–H groups in total. The van der Waals surface area contributed by atoms with Crippen molar-refractivity contribution in [1.82, 2.24) is 0 Å². The van der Waals surface area contributed by atoms with E-state index in [0.29, 0.717) is 0 Å². The van der Waals surface area contributed by atoms with Crippen molar-refractivity contribution in [1.29, 1.82) is 0 Å². The van der Waals surface area contributed by atoms with Crippen molar-refractivity contribution in [3.05, 3.63) is 176 Å². The lowest BCUT2D eigenvalue weighted by molar-refractivity contribution is 1.26. The number of fused-ring (bicyclic) bond motifs is 9. The highest BCUT2D eigenvalue weighted by Crippen LogP contribution is 2.41. The van der Waals surface area contributed by atoms with Crippen LogP contribution in [-0.4, -0.2) is 0 Å². The Morgan fingerprint density at radius 1 is 0.222 bits per heavy atom. The molecule has 210 valence electrons. The summed E-state index contributed by atoms with van der Waals surface area (Å²) in [7, 11) is 0. The molecule has 4 aliphatic rings. The quantitative estimate of drug-likeness (QED) is 0.170. The molecule has 6 aromatic rings. The first-order valence-electron chi connectivity index (χ1n) is 16.0. The van der Waals surface area contributed by atoms with E-state index in [4.69, 9.17) is 0 Å². The van der Waals surface area contributed by atoms with E-state index < -0.39 is 0 Å². The van der Waals surface area contributed by atoms with Gasteiger partial charge in [0.2, 0.25) is 0 Å². The molecular formula is C45H30. The molecule has 12 bridgehead atoms. The lowest BCUT2D eigenvalue weighted by Crippen LogP contribution is -1.84. The second-order valence-electron chi connectivity index (χ2n) is 13.0. The summed E-state index contributed by atoms with van der Waals surface area (Å²) in [6, 6.07) is 41.7. The van der Waals surface area contributed by atoms with Gasteiger partial charge in [0.25, 0.3) is 0 Å². The van der Waals surface area contributed by atoms with E-state index in [9.17, 15) is 0 Å². The van der Waals surface area contributed by atoms with Crippen molar-refractivity contribution < 1.29 is 0 Å². The molecule has 0 nitrogen and oxygen atoms in total. The molecule has 45 heavy (non-hydrogen) atoms. The second-order valence-corrected chi connectivity index (χ2v) is 13.0. The van der Waals surface area contributed by atoms with E-state index in [1.165, 1.54) is 100 Å². The smallest absolute Gasteiger partial charge is 0.00130 e. The fraction of sp³-hybridized carbons (Fsp3) is 0.0667. The van der Waals surface area contributed by atoms with Crippen molar-refractivity contribution in [3.63, 3.8) is 0 Å².